The van der Waals surface area contributed by atoms with Crippen molar-refractivity contribution in [1.29, 1.82) is 0 Å². The molecule has 172 valence electrons. The van der Waals surface area contributed by atoms with Gasteiger partial charge in [0.15, 0.2) is 0 Å². The summed E-state index contributed by atoms with van der Waals surface area (Å²) in [6.07, 6.45) is 6.23. The van der Waals surface area contributed by atoms with E-state index in [1.54, 1.807) is 0 Å². The molecule has 0 saturated carbocycles. The van der Waals surface area contributed by atoms with Gasteiger partial charge in [0, 0.05) is 18.0 Å². The van der Waals surface area contributed by atoms with Crippen LogP contribution in [0.3, 0.4) is 0 Å². The third-order valence-electron chi connectivity index (χ3n) is 6.01. The van der Waals surface area contributed by atoms with Gasteiger partial charge in [-0.15, -0.1) is 11.3 Å². The van der Waals surface area contributed by atoms with E-state index in [2.05, 4.69) is 5.32 Å². The van der Waals surface area contributed by atoms with Crippen molar-refractivity contribution in [3.8, 4) is 5.75 Å². The van der Waals surface area contributed by atoms with E-state index >= 15 is 0 Å². The van der Waals surface area contributed by atoms with Crippen molar-refractivity contribution in [3.63, 3.8) is 0 Å². The Morgan fingerprint density at radius 3 is 2.47 bits per heavy atom. The Hall–Kier alpha value is -2.43. The predicted molar refractivity (Wildman–Crippen MR) is 123 cm³/mol. The van der Waals surface area contributed by atoms with E-state index in [4.69, 9.17) is 10.5 Å². The number of hydrogen-bond acceptors (Lipinski definition) is 6. The summed E-state index contributed by atoms with van der Waals surface area (Å²) in [6, 6.07) is 4.30. The second-order valence-electron chi connectivity index (χ2n) is 8.06. The minimum atomic E-state index is -3.73. The van der Waals surface area contributed by atoms with Gasteiger partial charge in [0.1, 0.15) is 10.8 Å². The number of nitrogens with one attached hydrogen (secondary N) is 1. The number of rotatable bonds is 6. The Bertz CT molecular complexity index is 1150. The average molecular weight is 478 g/mol. The minimum Gasteiger partial charge on any atom is -0.496 e. The Morgan fingerprint density at radius 1 is 1.09 bits per heavy atom. The molecule has 1 saturated heterocycles. The summed E-state index contributed by atoms with van der Waals surface area (Å²) < 4.78 is 33.2. The second kappa shape index (κ2) is 9.21. The van der Waals surface area contributed by atoms with E-state index in [-0.39, 0.29) is 16.2 Å². The maximum atomic E-state index is 13.2. The SMILES string of the molecule is COc1ccc(S(=O)(=O)N2CCCCCC2)cc1C(=O)Nc1sc2c(c1C(N)=O)CCC2. The zero-order valence-electron chi connectivity index (χ0n) is 18.0. The largest absolute Gasteiger partial charge is 0.496 e. The van der Waals surface area contributed by atoms with Crippen LogP contribution in [0, 0.1) is 0 Å². The van der Waals surface area contributed by atoms with Gasteiger partial charge in [-0.2, -0.15) is 4.31 Å². The van der Waals surface area contributed by atoms with Gasteiger partial charge < -0.3 is 15.8 Å². The van der Waals surface area contributed by atoms with E-state index < -0.39 is 21.8 Å². The number of thiophene rings is 1. The first-order valence-corrected chi connectivity index (χ1v) is 13.0. The van der Waals surface area contributed by atoms with E-state index in [0.29, 0.717) is 23.7 Å². The highest BCUT2D eigenvalue weighted by Crippen LogP contribution is 2.39. The lowest BCUT2D eigenvalue weighted by molar-refractivity contribution is 0.100. The molecule has 0 radical (unpaired) electrons. The summed E-state index contributed by atoms with van der Waals surface area (Å²) in [5.74, 6) is -0.872. The number of hydrogen-bond donors (Lipinski definition) is 2. The van der Waals surface area contributed by atoms with Crippen molar-refractivity contribution in [1.82, 2.24) is 4.31 Å². The second-order valence-corrected chi connectivity index (χ2v) is 11.1. The van der Waals surface area contributed by atoms with Crippen LogP contribution in [0.15, 0.2) is 23.1 Å². The van der Waals surface area contributed by atoms with Crippen molar-refractivity contribution < 1.29 is 22.7 Å². The first kappa shape index (κ1) is 22.8. The van der Waals surface area contributed by atoms with Gasteiger partial charge in [0.25, 0.3) is 11.8 Å². The van der Waals surface area contributed by atoms with Crippen LogP contribution in [-0.2, 0) is 22.9 Å². The normalized spacial score (nSPS) is 16.9. The number of fused-ring (bicyclic) bond motifs is 1. The molecule has 3 N–H and O–H groups in total. The van der Waals surface area contributed by atoms with Crippen LogP contribution in [0.4, 0.5) is 5.00 Å². The first-order chi connectivity index (χ1) is 15.3. The van der Waals surface area contributed by atoms with Crippen LogP contribution in [0.2, 0.25) is 0 Å². The van der Waals surface area contributed by atoms with Gasteiger partial charge >= 0.3 is 0 Å². The third-order valence-corrected chi connectivity index (χ3v) is 9.12. The number of anilines is 1. The number of primary amides is 1. The molecule has 1 aliphatic carbocycles. The fraction of sp³-hybridized carbons (Fsp3) is 0.455. The Kier molecular flexibility index (Phi) is 6.55. The summed E-state index contributed by atoms with van der Waals surface area (Å²) in [5, 5.41) is 3.17. The number of carbonyl (C=O) groups excluding carboxylic acids is 2. The van der Waals surface area contributed by atoms with Crippen LogP contribution in [-0.4, -0.2) is 44.7 Å². The van der Waals surface area contributed by atoms with Crippen LogP contribution in [0.25, 0.3) is 0 Å². The molecule has 2 aliphatic rings. The molecule has 4 rings (SSSR count). The van der Waals surface area contributed by atoms with Crippen molar-refractivity contribution in [2.75, 3.05) is 25.5 Å². The average Bonchev–Trinajstić information content (AvgIpc) is 3.21. The number of benzene rings is 1. The molecule has 1 fully saturated rings. The number of methoxy groups -OCH3 is 1. The van der Waals surface area contributed by atoms with Gasteiger partial charge in [0.05, 0.1) is 23.1 Å². The van der Waals surface area contributed by atoms with Gasteiger partial charge in [-0.3, -0.25) is 9.59 Å². The van der Waals surface area contributed by atoms with Crippen LogP contribution >= 0.6 is 11.3 Å². The fourth-order valence-electron chi connectivity index (χ4n) is 4.38. The molecule has 2 amide bonds. The van der Waals surface area contributed by atoms with E-state index in [1.165, 1.54) is 41.0 Å². The number of ether oxygens (including phenoxy) is 1. The number of aryl methyl sites for hydroxylation is 1. The summed E-state index contributed by atoms with van der Waals surface area (Å²) in [4.78, 5) is 26.3. The standard InChI is InChI=1S/C22H27N3O5S2/c1-30-17-10-9-14(32(28,29)25-11-4-2-3-5-12-25)13-16(17)21(27)24-22-19(20(23)26)15-7-6-8-18(15)31-22/h9-10,13H,2-8,11-12H2,1H3,(H2,23,26)(H,24,27). The summed E-state index contributed by atoms with van der Waals surface area (Å²) in [6.45, 7) is 0.942. The predicted octanol–water partition coefficient (Wildman–Crippen LogP) is 3.16. The Morgan fingerprint density at radius 2 is 1.81 bits per heavy atom. The van der Waals surface area contributed by atoms with Crippen molar-refractivity contribution in [3.05, 3.63) is 39.8 Å². The molecule has 8 nitrogen and oxygen atoms in total. The van der Waals surface area contributed by atoms with E-state index in [0.717, 1.165) is 55.4 Å². The van der Waals surface area contributed by atoms with Crippen molar-refractivity contribution >= 4 is 38.2 Å². The summed E-state index contributed by atoms with van der Waals surface area (Å²) in [5.41, 5.74) is 6.93. The molecular formula is C22H27N3O5S2. The molecule has 2 aromatic rings. The quantitative estimate of drug-likeness (QED) is 0.662. The van der Waals surface area contributed by atoms with Gasteiger partial charge in [-0.1, -0.05) is 12.8 Å². The van der Waals surface area contributed by atoms with Crippen LogP contribution in [0.5, 0.6) is 5.75 Å². The zero-order chi connectivity index (χ0) is 22.9. The lowest BCUT2D eigenvalue weighted by Gasteiger charge is -2.20. The highest BCUT2D eigenvalue weighted by Gasteiger charge is 2.29. The fourth-order valence-corrected chi connectivity index (χ4v) is 7.21. The molecule has 1 aromatic heterocycles. The van der Waals surface area contributed by atoms with Gasteiger partial charge in [-0.25, -0.2) is 8.42 Å². The van der Waals surface area contributed by atoms with Crippen molar-refractivity contribution in [2.24, 2.45) is 5.73 Å². The molecule has 10 heteroatoms. The number of nitrogens with zero attached hydrogens (tertiary/aromatic N) is 1. The topological polar surface area (TPSA) is 119 Å². The highest BCUT2D eigenvalue weighted by molar-refractivity contribution is 7.89. The number of sulfonamides is 1. The smallest absolute Gasteiger partial charge is 0.260 e. The molecule has 2 heterocycles. The summed E-state index contributed by atoms with van der Waals surface area (Å²) in [7, 11) is -2.31. The minimum absolute atomic E-state index is 0.0501. The molecule has 32 heavy (non-hydrogen) atoms. The van der Waals surface area contributed by atoms with Crippen LogP contribution in [0.1, 0.15) is 63.3 Å². The first-order valence-electron chi connectivity index (χ1n) is 10.8. The molecule has 1 aliphatic heterocycles. The van der Waals surface area contributed by atoms with Gasteiger partial charge in [-0.05, 0) is 55.9 Å². The molecule has 0 spiro atoms. The lowest BCUT2D eigenvalue weighted by atomic mass is 10.1. The monoisotopic (exact) mass is 477 g/mol. The highest BCUT2D eigenvalue weighted by atomic mass is 32.2. The van der Waals surface area contributed by atoms with Crippen molar-refractivity contribution in [2.45, 2.75) is 49.8 Å². The molecule has 0 unspecified atom stereocenters. The van der Waals surface area contributed by atoms with E-state index in [1.807, 2.05) is 0 Å². The zero-order valence-corrected chi connectivity index (χ0v) is 19.6. The molecule has 0 bridgehead atoms. The van der Waals surface area contributed by atoms with E-state index in [9.17, 15) is 18.0 Å². The Labute approximate surface area is 191 Å². The molecule has 1 aromatic carbocycles. The summed E-state index contributed by atoms with van der Waals surface area (Å²) >= 11 is 1.35. The maximum Gasteiger partial charge on any atom is 0.260 e. The number of nitrogens with two attached hydrogens (primary N) is 1. The lowest BCUT2D eigenvalue weighted by Crippen LogP contribution is -2.32. The Balaban J connectivity index is 1.66. The molecule has 0 atom stereocenters. The number of carbonyl (C=O) groups is 2. The number of amides is 2. The third kappa shape index (κ3) is 4.26. The van der Waals surface area contributed by atoms with Crippen LogP contribution < -0.4 is 15.8 Å². The van der Waals surface area contributed by atoms with Gasteiger partial charge in [0.2, 0.25) is 10.0 Å². The molecular weight excluding hydrogens is 450 g/mol. The maximum absolute atomic E-state index is 13.2.